The molecule has 0 spiro atoms. The molecular weight excluding hydrogens is 376 g/mol. The van der Waals surface area contributed by atoms with E-state index < -0.39 is 5.91 Å². The predicted octanol–water partition coefficient (Wildman–Crippen LogP) is 4.04. The molecule has 0 bridgehead atoms. The summed E-state index contributed by atoms with van der Waals surface area (Å²) in [5, 5.41) is 12.1. The summed E-state index contributed by atoms with van der Waals surface area (Å²) >= 11 is 0. The molecule has 1 aromatic rings. The van der Waals surface area contributed by atoms with Crippen molar-refractivity contribution in [2.45, 2.75) is 32.6 Å². The SMILES string of the molecule is CCCCNC/C(=C\c1ccccc1)N1C=CC(C/C=C/C(=O)NO)=CCC1=NC. The molecule has 1 aliphatic heterocycles. The van der Waals surface area contributed by atoms with Crippen LogP contribution in [0.2, 0.25) is 0 Å². The summed E-state index contributed by atoms with van der Waals surface area (Å²) in [6.45, 7) is 3.90. The van der Waals surface area contributed by atoms with Gasteiger partial charge in [0.25, 0.3) is 5.91 Å². The Kier molecular flexibility index (Phi) is 10.3. The van der Waals surface area contributed by atoms with Gasteiger partial charge in [-0.15, -0.1) is 0 Å². The minimum Gasteiger partial charge on any atom is -0.311 e. The molecular formula is C24H32N4O2. The van der Waals surface area contributed by atoms with Crippen LogP contribution < -0.4 is 10.8 Å². The van der Waals surface area contributed by atoms with E-state index >= 15 is 0 Å². The number of hydrogen-bond acceptors (Lipinski definition) is 4. The number of benzene rings is 1. The van der Waals surface area contributed by atoms with Gasteiger partial charge in [-0.3, -0.25) is 15.0 Å². The van der Waals surface area contributed by atoms with Crippen molar-refractivity contribution in [3.63, 3.8) is 0 Å². The summed E-state index contributed by atoms with van der Waals surface area (Å²) in [4.78, 5) is 17.8. The maximum absolute atomic E-state index is 11.2. The Morgan fingerprint density at radius 3 is 2.80 bits per heavy atom. The van der Waals surface area contributed by atoms with Gasteiger partial charge in [0.05, 0.1) is 0 Å². The predicted molar refractivity (Wildman–Crippen MR) is 123 cm³/mol. The van der Waals surface area contributed by atoms with Gasteiger partial charge >= 0.3 is 0 Å². The largest absolute Gasteiger partial charge is 0.311 e. The fourth-order valence-electron chi connectivity index (χ4n) is 3.06. The van der Waals surface area contributed by atoms with Crippen LogP contribution >= 0.6 is 0 Å². The number of amidine groups is 1. The number of nitrogens with zero attached hydrogens (tertiary/aromatic N) is 2. The summed E-state index contributed by atoms with van der Waals surface area (Å²) in [7, 11) is 1.81. The van der Waals surface area contributed by atoms with Gasteiger partial charge in [-0.1, -0.05) is 55.8 Å². The molecule has 0 unspecified atom stereocenters. The van der Waals surface area contributed by atoms with Crippen molar-refractivity contribution in [2.24, 2.45) is 4.99 Å². The van der Waals surface area contributed by atoms with Crippen molar-refractivity contribution in [1.82, 2.24) is 15.7 Å². The molecule has 30 heavy (non-hydrogen) atoms. The van der Waals surface area contributed by atoms with E-state index in [2.05, 4.69) is 46.4 Å². The van der Waals surface area contributed by atoms with E-state index in [-0.39, 0.29) is 0 Å². The first-order valence-corrected chi connectivity index (χ1v) is 10.4. The van der Waals surface area contributed by atoms with Crippen LogP contribution in [0.25, 0.3) is 6.08 Å². The number of hydroxylamine groups is 1. The molecule has 6 nitrogen and oxygen atoms in total. The van der Waals surface area contributed by atoms with Crippen molar-refractivity contribution in [3.05, 3.63) is 77.7 Å². The van der Waals surface area contributed by atoms with Crippen molar-refractivity contribution in [3.8, 4) is 0 Å². The molecule has 1 amide bonds. The van der Waals surface area contributed by atoms with Crippen molar-refractivity contribution >= 4 is 17.8 Å². The Bertz CT molecular complexity index is 823. The van der Waals surface area contributed by atoms with Gasteiger partial charge in [0.15, 0.2) is 0 Å². The fraction of sp³-hybridized carbons (Fsp3) is 0.333. The minimum atomic E-state index is -0.531. The van der Waals surface area contributed by atoms with Crippen LogP contribution in [0.1, 0.15) is 38.2 Å². The molecule has 0 fully saturated rings. The average Bonchev–Trinajstić information content (AvgIpc) is 2.98. The second-order valence-electron chi connectivity index (χ2n) is 6.97. The second-order valence-corrected chi connectivity index (χ2v) is 6.97. The maximum atomic E-state index is 11.2. The lowest BCUT2D eigenvalue weighted by Gasteiger charge is -2.25. The highest BCUT2D eigenvalue weighted by Gasteiger charge is 2.15. The number of allylic oxidation sites excluding steroid dienone is 3. The third kappa shape index (κ3) is 7.81. The van der Waals surface area contributed by atoms with Gasteiger partial charge < -0.3 is 10.2 Å². The highest BCUT2D eigenvalue weighted by atomic mass is 16.5. The maximum Gasteiger partial charge on any atom is 0.267 e. The molecule has 3 N–H and O–H groups in total. The van der Waals surface area contributed by atoms with Gasteiger partial charge in [0.1, 0.15) is 5.84 Å². The smallest absolute Gasteiger partial charge is 0.267 e. The van der Waals surface area contributed by atoms with Crippen LogP contribution in [-0.2, 0) is 4.79 Å². The Morgan fingerprint density at radius 2 is 2.10 bits per heavy atom. The Hall–Kier alpha value is -2.96. The van der Waals surface area contributed by atoms with Crippen LogP contribution in [0.5, 0.6) is 0 Å². The average molecular weight is 409 g/mol. The second kappa shape index (κ2) is 13.3. The van der Waals surface area contributed by atoms with E-state index in [1.807, 2.05) is 37.5 Å². The third-order valence-electron chi connectivity index (χ3n) is 4.71. The highest BCUT2D eigenvalue weighted by molar-refractivity contribution is 5.88. The van der Waals surface area contributed by atoms with Crippen molar-refractivity contribution in [1.29, 1.82) is 0 Å². The monoisotopic (exact) mass is 408 g/mol. The minimum absolute atomic E-state index is 0.531. The molecule has 0 radical (unpaired) electrons. The first-order valence-electron chi connectivity index (χ1n) is 10.4. The standard InChI is InChI=1S/C24H32N4O2/c1-3-4-16-26-19-22(18-21-9-6-5-7-10-21)28-17-15-20(13-14-23(28)25-2)11-8-12-24(29)27-30/h5-10,12-13,15,17-18,26,30H,3-4,11,14,16,19H2,1-2H3,(H,27,29)/b12-8+,22-18+,25-23?. The lowest BCUT2D eigenvalue weighted by atomic mass is 10.1. The van der Waals surface area contributed by atoms with Crippen LogP contribution in [0.4, 0.5) is 0 Å². The summed E-state index contributed by atoms with van der Waals surface area (Å²) in [5.74, 6) is 0.426. The van der Waals surface area contributed by atoms with Crippen LogP contribution in [-0.4, -0.2) is 42.0 Å². The summed E-state index contributed by atoms with van der Waals surface area (Å²) in [5.41, 5.74) is 4.95. The summed E-state index contributed by atoms with van der Waals surface area (Å²) < 4.78 is 0. The fourth-order valence-corrected chi connectivity index (χ4v) is 3.06. The Labute approximate surface area is 179 Å². The van der Waals surface area contributed by atoms with Crippen LogP contribution in [0, 0.1) is 0 Å². The van der Waals surface area contributed by atoms with E-state index in [1.165, 1.54) is 6.08 Å². The Balaban J connectivity index is 2.22. The molecule has 1 heterocycles. The highest BCUT2D eigenvalue weighted by Crippen LogP contribution is 2.19. The molecule has 0 aliphatic carbocycles. The zero-order valence-corrected chi connectivity index (χ0v) is 17.8. The van der Waals surface area contributed by atoms with E-state index in [0.717, 1.165) is 48.6 Å². The van der Waals surface area contributed by atoms with E-state index in [9.17, 15) is 4.79 Å². The van der Waals surface area contributed by atoms with Crippen LogP contribution in [0.3, 0.4) is 0 Å². The van der Waals surface area contributed by atoms with E-state index in [1.54, 1.807) is 11.6 Å². The number of nitrogens with one attached hydrogen (secondary N) is 2. The van der Waals surface area contributed by atoms with Gasteiger partial charge in [0.2, 0.25) is 0 Å². The van der Waals surface area contributed by atoms with Gasteiger partial charge in [-0.05, 0) is 42.7 Å². The molecule has 160 valence electrons. The molecule has 6 heteroatoms. The number of unbranched alkanes of at least 4 members (excludes halogenated alkanes) is 1. The number of carbonyl (C=O) groups excluding carboxylic acids is 1. The quantitative estimate of drug-likeness (QED) is 0.236. The number of rotatable bonds is 10. The van der Waals surface area contributed by atoms with Crippen LogP contribution in [0.15, 0.2) is 77.1 Å². The lowest BCUT2D eigenvalue weighted by Crippen LogP contribution is -2.31. The summed E-state index contributed by atoms with van der Waals surface area (Å²) in [6.07, 6.45) is 15.0. The van der Waals surface area contributed by atoms with E-state index in [4.69, 9.17) is 5.21 Å². The molecule has 1 aromatic carbocycles. The zero-order valence-electron chi connectivity index (χ0n) is 17.8. The molecule has 0 atom stereocenters. The van der Waals surface area contributed by atoms with Gasteiger partial charge in [0, 0.05) is 38.0 Å². The van der Waals surface area contributed by atoms with Gasteiger partial charge in [-0.25, -0.2) is 5.48 Å². The number of carbonyl (C=O) groups is 1. The third-order valence-corrected chi connectivity index (χ3v) is 4.71. The number of aliphatic imine (C=N–C) groups is 1. The molecule has 0 saturated carbocycles. The molecule has 0 aromatic heterocycles. The number of hydrogen-bond donors (Lipinski definition) is 3. The molecule has 2 rings (SSSR count). The summed E-state index contributed by atoms with van der Waals surface area (Å²) in [6, 6.07) is 10.3. The molecule has 1 aliphatic rings. The van der Waals surface area contributed by atoms with E-state index in [0.29, 0.717) is 12.8 Å². The van der Waals surface area contributed by atoms with Gasteiger partial charge in [-0.2, -0.15) is 0 Å². The first-order chi connectivity index (χ1) is 14.7. The first kappa shape index (κ1) is 23.3. The Morgan fingerprint density at radius 1 is 1.30 bits per heavy atom. The lowest BCUT2D eigenvalue weighted by molar-refractivity contribution is -0.124. The van der Waals surface area contributed by atoms with Crippen molar-refractivity contribution in [2.75, 3.05) is 20.1 Å². The topological polar surface area (TPSA) is 77.0 Å². The number of amides is 1. The van der Waals surface area contributed by atoms with Crippen molar-refractivity contribution < 1.29 is 10.0 Å². The molecule has 0 saturated heterocycles. The normalized spacial score (nSPS) is 16.1. The zero-order chi connectivity index (χ0) is 21.6.